The molecule has 0 unspecified atom stereocenters. The number of aromatic hydroxyl groups is 2. The van der Waals surface area contributed by atoms with Crippen molar-refractivity contribution >= 4 is 12.6 Å². The van der Waals surface area contributed by atoms with Gasteiger partial charge in [-0.25, -0.2) is 0 Å². The van der Waals surface area contributed by atoms with Gasteiger partial charge >= 0.3 is 0 Å². The molecule has 1 aliphatic carbocycles. The summed E-state index contributed by atoms with van der Waals surface area (Å²) in [6.45, 7) is 8.60. The molecule has 35 heavy (non-hydrogen) atoms. The number of allylic oxidation sites excluding steroid dienone is 3. The van der Waals surface area contributed by atoms with Crippen molar-refractivity contribution in [1.29, 1.82) is 0 Å². The number of phenolic OH excluding ortho intramolecular Hbond substituents is 2. The summed E-state index contributed by atoms with van der Waals surface area (Å²) in [5, 5.41) is 21.9. The van der Waals surface area contributed by atoms with E-state index in [2.05, 4.69) is 39.0 Å². The number of phenols is 2. The Kier molecular flexibility index (Phi) is 6.63. The van der Waals surface area contributed by atoms with Crippen LogP contribution in [0.2, 0.25) is 0 Å². The molecule has 1 heterocycles. The first-order chi connectivity index (χ1) is 16.6. The Morgan fingerprint density at radius 3 is 2.31 bits per heavy atom. The van der Waals surface area contributed by atoms with E-state index in [9.17, 15) is 19.8 Å². The van der Waals surface area contributed by atoms with E-state index in [0.717, 1.165) is 24.8 Å². The Morgan fingerprint density at radius 1 is 0.971 bits per heavy atom. The molecule has 0 radical (unpaired) electrons. The zero-order valence-electron chi connectivity index (χ0n) is 20.9. The van der Waals surface area contributed by atoms with Crippen LogP contribution in [0.25, 0.3) is 0 Å². The predicted octanol–water partition coefficient (Wildman–Crippen LogP) is 6.72. The van der Waals surface area contributed by atoms with E-state index < -0.39 is 11.4 Å². The summed E-state index contributed by atoms with van der Waals surface area (Å²) in [6.07, 6.45) is 10.7. The van der Waals surface area contributed by atoms with Gasteiger partial charge < -0.3 is 14.9 Å². The first-order valence-electron chi connectivity index (χ1n) is 12.2. The van der Waals surface area contributed by atoms with Crippen molar-refractivity contribution in [3.05, 3.63) is 76.4 Å². The highest BCUT2D eigenvalue weighted by Gasteiger charge is 2.49. The molecule has 0 saturated carbocycles. The van der Waals surface area contributed by atoms with Crippen LogP contribution in [-0.4, -0.2) is 28.4 Å². The van der Waals surface area contributed by atoms with E-state index >= 15 is 0 Å². The molecule has 2 aliphatic rings. The standard InChI is InChI=1S/C30H34O5/c1-19-11-12-23-24(20-9-6-5-7-10-20)25-27(34)21(17-31)26(33)22(18-32)28(25)35-30(23,4)15-8-14-29(2,3)16-13-19/h5-10,13-14,17-18,23-24,33-34H,11-12,15-16H2,1-4H3/b14-8-,19-13-/t23-,24-,30+/m1/s1. The SMILES string of the molecule is C/C1=C/CC(C)(C)/C=C\C[C@]2(C)Oc3c(C=O)c(O)c(C=O)c(O)c3[C@H](c3ccccc3)[C@H]2CC1. The number of hydrogen-bond acceptors (Lipinski definition) is 5. The van der Waals surface area contributed by atoms with E-state index in [1.807, 2.05) is 37.3 Å². The fourth-order valence-corrected chi connectivity index (χ4v) is 5.57. The number of aldehydes is 2. The summed E-state index contributed by atoms with van der Waals surface area (Å²) < 4.78 is 6.60. The minimum Gasteiger partial charge on any atom is -0.507 e. The van der Waals surface area contributed by atoms with Crippen LogP contribution in [0.1, 0.15) is 91.1 Å². The lowest BCUT2D eigenvalue weighted by molar-refractivity contribution is -0.00275. The van der Waals surface area contributed by atoms with Gasteiger partial charge in [-0.15, -0.1) is 0 Å². The van der Waals surface area contributed by atoms with Crippen molar-refractivity contribution in [2.24, 2.45) is 11.3 Å². The summed E-state index contributed by atoms with van der Waals surface area (Å²) in [5.74, 6) is -1.12. The first-order valence-corrected chi connectivity index (χ1v) is 12.2. The molecular weight excluding hydrogens is 440 g/mol. The average Bonchev–Trinajstić information content (AvgIpc) is 2.83. The summed E-state index contributed by atoms with van der Waals surface area (Å²) >= 11 is 0. The zero-order valence-corrected chi connectivity index (χ0v) is 20.9. The Labute approximate surface area is 207 Å². The molecule has 2 aromatic carbocycles. The van der Waals surface area contributed by atoms with Gasteiger partial charge in [-0.05, 0) is 44.1 Å². The van der Waals surface area contributed by atoms with Crippen molar-refractivity contribution in [3.63, 3.8) is 0 Å². The lowest BCUT2D eigenvalue weighted by atomic mass is 9.66. The van der Waals surface area contributed by atoms with Crippen molar-refractivity contribution < 1.29 is 24.5 Å². The number of benzene rings is 2. The molecule has 0 spiro atoms. The van der Waals surface area contributed by atoms with Crippen LogP contribution in [-0.2, 0) is 0 Å². The summed E-state index contributed by atoms with van der Waals surface area (Å²) in [7, 11) is 0. The molecule has 184 valence electrons. The molecule has 0 fully saturated rings. The molecule has 5 nitrogen and oxygen atoms in total. The summed E-state index contributed by atoms with van der Waals surface area (Å²) in [4.78, 5) is 23.9. The molecular formula is C30H34O5. The van der Waals surface area contributed by atoms with Crippen LogP contribution < -0.4 is 4.74 Å². The normalized spacial score (nSPS) is 28.2. The number of ether oxygens (including phenoxy) is 1. The van der Waals surface area contributed by atoms with Crippen LogP contribution in [0.3, 0.4) is 0 Å². The largest absolute Gasteiger partial charge is 0.507 e. The molecule has 1 aliphatic heterocycles. The molecule has 2 aromatic rings. The molecule has 0 bridgehead atoms. The third-order valence-corrected chi connectivity index (χ3v) is 7.66. The van der Waals surface area contributed by atoms with Crippen molar-refractivity contribution in [1.82, 2.24) is 0 Å². The van der Waals surface area contributed by atoms with Gasteiger partial charge in [-0.3, -0.25) is 9.59 Å². The Bertz CT molecular complexity index is 1190. The minimum absolute atomic E-state index is 0.00772. The first kappa shape index (κ1) is 24.8. The minimum atomic E-state index is -0.718. The van der Waals surface area contributed by atoms with Gasteiger partial charge in [0, 0.05) is 23.8 Å². The number of hydrogen-bond donors (Lipinski definition) is 2. The van der Waals surface area contributed by atoms with E-state index in [0.29, 0.717) is 24.6 Å². The molecule has 5 heteroatoms. The van der Waals surface area contributed by atoms with Gasteiger partial charge in [0.15, 0.2) is 12.6 Å². The Balaban J connectivity index is 2.01. The molecule has 3 atom stereocenters. The van der Waals surface area contributed by atoms with Crippen molar-refractivity contribution in [3.8, 4) is 17.2 Å². The van der Waals surface area contributed by atoms with E-state index in [-0.39, 0.29) is 39.9 Å². The number of carbonyl (C=O) groups excluding carboxylic acids is 2. The third kappa shape index (κ3) is 4.52. The number of carbonyl (C=O) groups is 2. The maximum Gasteiger partial charge on any atom is 0.157 e. The van der Waals surface area contributed by atoms with Crippen LogP contribution in [0.5, 0.6) is 17.2 Å². The van der Waals surface area contributed by atoms with Gasteiger partial charge in [0.2, 0.25) is 0 Å². The second kappa shape index (κ2) is 9.37. The summed E-state index contributed by atoms with van der Waals surface area (Å²) in [6, 6.07) is 9.82. The quantitative estimate of drug-likeness (QED) is 0.381. The van der Waals surface area contributed by atoms with E-state index in [1.54, 1.807) is 0 Å². The second-order valence-corrected chi connectivity index (χ2v) is 10.8. The molecule has 0 saturated heterocycles. The number of rotatable bonds is 3. The van der Waals surface area contributed by atoms with Gasteiger partial charge in [0.25, 0.3) is 0 Å². The Morgan fingerprint density at radius 2 is 1.66 bits per heavy atom. The maximum atomic E-state index is 12.1. The number of fused-ring (bicyclic) bond motifs is 2. The fraction of sp³-hybridized carbons (Fsp3) is 0.400. The van der Waals surface area contributed by atoms with Gasteiger partial charge in [-0.1, -0.05) is 68.0 Å². The van der Waals surface area contributed by atoms with Gasteiger partial charge in [0.05, 0.1) is 11.1 Å². The molecule has 2 N–H and O–H groups in total. The monoisotopic (exact) mass is 474 g/mol. The molecule has 0 aromatic heterocycles. The lowest BCUT2D eigenvalue weighted by Gasteiger charge is -2.48. The maximum absolute atomic E-state index is 12.1. The van der Waals surface area contributed by atoms with Gasteiger partial charge in [0.1, 0.15) is 22.8 Å². The smallest absolute Gasteiger partial charge is 0.157 e. The van der Waals surface area contributed by atoms with Crippen molar-refractivity contribution in [2.45, 2.75) is 64.9 Å². The van der Waals surface area contributed by atoms with Crippen LogP contribution >= 0.6 is 0 Å². The van der Waals surface area contributed by atoms with Gasteiger partial charge in [-0.2, -0.15) is 0 Å². The van der Waals surface area contributed by atoms with Crippen LogP contribution in [0, 0.1) is 11.3 Å². The molecule has 0 amide bonds. The lowest BCUT2D eigenvalue weighted by Crippen LogP contribution is -2.47. The highest BCUT2D eigenvalue weighted by Crippen LogP contribution is 2.57. The van der Waals surface area contributed by atoms with Crippen LogP contribution in [0.4, 0.5) is 0 Å². The summed E-state index contributed by atoms with van der Waals surface area (Å²) in [5.41, 5.74) is 1.54. The Hall–Kier alpha value is -3.34. The second-order valence-electron chi connectivity index (χ2n) is 10.8. The van der Waals surface area contributed by atoms with E-state index in [1.165, 1.54) is 5.57 Å². The van der Waals surface area contributed by atoms with Crippen LogP contribution in [0.15, 0.2) is 54.1 Å². The third-order valence-electron chi connectivity index (χ3n) is 7.66. The average molecular weight is 475 g/mol. The van der Waals surface area contributed by atoms with E-state index in [4.69, 9.17) is 4.74 Å². The zero-order chi connectivity index (χ0) is 25.4. The molecule has 4 rings (SSSR count). The predicted molar refractivity (Wildman–Crippen MR) is 137 cm³/mol. The highest BCUT2D eigenvalue weighted by atomic mass is 16.5. The fourth-order valence-electron chi connectivity index (χ4n) is 5.57. The van der Waals surface area contributed by atoms with Crippen molar-refractivity contribution in [2.75, 3.05) is 0 Å². The topological polar surface area (TPSA) is 83.8 Å². The highest BCUT2D eigenvalue weighted by molar-refractivity contribution is 5.95.